The number of benzene rings is 1. The third kappa shape index (κ3) is 5.04. The number of ether oxygens (including phenoxy) is 3. The second-order valence-electron chi connectivity index (χ2n) is 5.27. The SMILES string of the molecule is CCCCc1nccc(Oc2ccccc2/C(=C\OC)C(=O)OC)n1. The van der Waals surface area contributed by atoms with Crippen LogP contribution in [-0.2, 0) is 20.7 Å². The van der Waals surface area contributed by atoms with E-state index in [0.29, 0.717) is 17.2 Å². The highest BCUT2D eigenvalue weighted by atomic mass is 16.5. The molecule has 1 aromatic heterocycles. The van der Waals surface area contributed by atoms with Crippen molar-refractivity contribution in [3.8, 4) is 11.6 Å². The molecule has 132 valence electrons. The van der Waals surface area contributed by atoms with Crippen LogP contribution < -0.4 is 4.74 Å². The molecular formula is C19H22N2O4. The van der Waals surface area contributed by atoms with Gasteiger partial charge in [0.2, 0.25) is 5.88 Å². The first kappa shape index (κ1) is 18.4. The summed E-state index contributed by atoms with van der Waals surface area (Å²) < 4.78 is 15.7. The van der Waals surface area contributed by atoms with E-state index in [1.54, 1.807) is 30.5 Å². The minimum Gasteiger partial charge on any atom is -0.503 e. The normalized spacial score (nSPS) is 11.1. The summed E-state index contributed by atoms with van der Waals surface area (Å²) in [7, 11) is 2.79. The van der Waals surface area contributed by atoms with Gasteiger partial charge in [0, 0.05) is 24.2 Å². The molecule has 0 aliphatic rings. The summed E-state index contributed by atoms with van der Waals surface area (Å²) in [6.45, 7) is 2.12. The van der Waals surface area contributed by atoms with Gasteiger partial charge in [0.05, 0.1) is 20.5 Å². The molecule has 0 aliphatic heterocycles. The summed E-state index contributed by atoms with van der Waals surface area (Å²) in [5.41, 5.74) is 0.825. The monoisotopic (exact) mass is 342 g/mol. The number of carbonyl (C=O) groups is 1. The summed E-state index contributed by atoms with van der Waals surface area (Å²) in [5.74, 6) is 1.13. The zero-order chi connectivity index (χ0) is 18.1. The summed E-state index contributed by atoms with van der Waals surface area (Å²) in [6, 6.07) is 8.83. The van der Waals surface area contributed by atoms with Gasteiger partial charge in [-0.1, -0.05) is 31.5 Å². The van der Waals surface area contributed by atoms with Crippen molar-refractivity contribution < 1.29 is 19.0 Å². The molecule has 0 saturated carbocycles. The largest absolute Gasteiger partial charge is 0.503 e. The zero-order valence-corrected chi connectivity index (χ0v) is 14.7. The first-order valence-electron chi connectivity index (χ1n) is 8.10. The van der Waals surface area contributed by atoms with Crippen LogP contribution in [0.1, 0.15) is 31.2 Å². The first-order chi connectivity index (χ1) is 12.2. The van der Waals surface area contributed by atoms with E-state index in [1.165, 1.54) is 20.5 Å². The average molecular weight is 342 g/mol. The Balaban J connectivity index is 2.32. The molecule has 0 N–H and O–H groups in total. The third-order valence-electron chi connectivity index (χ3n) is 3.47. The fourth-order valence-corrected chi connectivity index (χ4v) is 2.23. The fourth-order valence-electron chi connectivity index (χ4n) is 2.23. The highest BCUT2D eigenvalue weighted by molar-refractivity contribution is 6.17. The van der Waals surface area contributed by atoms with E-state index in [1.807, 2.05) is 6.07 Å². The molecule has 0 bridgehead atoms. The number of nitrogens with zero attached hydrogens (tertiary/aromatic N) is 2. The van der Waals surface area contributed by atoms with Crippen molar-refractivity contribution in [3.05, 3.63) is 54.2 Å². The van der Waals surface area contributed by atoms with E-state index in [0.717, 1.165) is 25.1 Å². The molecular weight excluding hydrogens is 320 g/mol. The second-order valence-corrected chi connectivity index (χ2v) is 5.27. The minimum atomic E-state index is -0.510. The number of hydrogen-bond acceptors (Lipinski definition) is 6. The van der Waals surface area contributed by atoms with Crippen LogP contribution in [0.2, 0.25) is 0 Å². The summed E-state index contributed by atoms with van der Waals surface area (Å²) in [5, 5.41) is 0. The lowest BCUT2D eigenvalue weighted by atomic mass is 10.1. The lowest BCUT2D eigenvalue weighted by Crippen LogP contribution is -2.06. The molecule has 2 rings (SSSR count). The molecule has 1 aromatic carbocycles. The topological polar surface area (TPSA) is 70.5 Å². The second kappa shape index (κ2) is 9.42. The molecule has 0 radical (unpaired) electrons. The predicted molar refractivity (Wildman–Crippen MR) is 94.2 cm³/mol. The smallest absolute Gasteiger partial charge is 0.341 e. The number of para-hydroxylation sites is 1. The Hall–Kier alpha value is -2.89. The molecule has 0 saturated heterocycles. The van der Waals surface area contributed by atoms with Gasteiger partial charge in [0.25, 0.3) is 0 Å². The Labute approximate surface area is 147 Å². The van der Waals surface area contributed by atoms with Crippen molar-refractivity contribution in [2.75, 3.05) is 14.2 Å². The van der Waals surface area contributed by atoms with Gasteiger partial charge >= 0.3 is 5.97 Å². The van der Waals surface area contributed by atoms with Crippen molar-refractivity contribution in [1.82, 2.24) is 9.97 Å². The van der Waals surface area contributed by atoms with Crippen LogP contribution in [0, 0.1) is 0 Å². The molecule has 6 nitrogen and oxygen atoms in total. The van der Waals surface area contributed by atoms with E-state index in [2.05, 4.69) is 16.9 Å². The van der Waals surface area contributed by atoms with Crippen LogP contribution in [0.4, 0.5) is 0 Å². The summed E-state index contributed by atoms with van der Waals surface area (Å²) in [6.07, 6.45) is 5.89. The van der Waals surface area contributed by atoms with Crippen LogP contribution in [-0.4, -0.2) is 30.2 Å². The zero-order valence-electron chi connectivity index (χ0n) is 14.7. The van der Waals surface area contributed by atoms with E-state index < -0.39 is 5.97 Å². The van der Waals surface area contributed by atoms with Crippen molar-refractivity contribution in [1.29, 1.82) is 0 Å². The molecule has 6 heteroatoms. The number of carbonyl (C=O) groups excluding carboxylic acids is 1. The summed E-state index contributed by atoms with van der Waals surface area (Å²) in [4.78, 5) is 20.7. The van der Waals surface area contributed by atoms with Gasteiger partial charge in [-0.25, -0.2) is 9.78 Å². The molecule has 0 atom stereocenters. The van der Waals surface area contributed by atoms with Gasteiger partial charge in [0.15, 0.2) is 0 Å². The van der Waals surface area contributed by atoms with Crippen LogP contribution in [0.15, 0.2) is 42.8 Å². The Morgan fingerprint density at radius 1 is 1.20 bits per heavy atom. The maximum Gasteiger partial charge on any atom is 0.341 e. The average Bonchev–Trinajstić information content (AvgIpc) is 2.65. The van der Waals surface area contributed by atoms with E-state index in [9.17, 15) is 4.79 Å². The van der Waals surface area contributed by atoms with Crippen molar-refractivity contribution in [2.24, 2.45) is 0 Å². The van der Waals surface area contributed by atoms with Crippen LogP contribution in [0.25, 0.3) is 5.57 Å². The lowest BCUT2D eigenvalue weighted by Gasteiger charge is -2.12. The molecule has 1 heterocycles. The number of aryl methyl sites for hydroxylation is 1. The molecule has 0 fully saturated rings. The molecule has 0 aliphatic carbocycles. The maximum absolute atomic E-state index is 12.0. The number of hydrogen-bond donors (Lipinski definition) is 0. The lowest BCUT2D eigenvalue weighted by molar-refractivity contribution is -0.133. The molecule has 2 aromatic rings. The maximum atomic E-state index is 12.0. The highest BCUT2D eigenvalue weighted by Crippen LogP contribution is 2.30. The van der Waals surface area contributed by atoms with E-state index in [4.69, 9.17) is 14.2 Å². The van der Waals surface area contributed by atoms with Gasteiger partial charge in [-0.2, -0.15) is 4.98 Å². The van der Waals surface area contributed by atoms with Crippen LogP contribution >= 0.6 is 0 Å². The predicted octanol–water partition coefficient (Wildman–Crippen LogP) is 3.77. The van der Waals surface area contributed by atoms with Gasteiger partial charge < -0.3 is 14.2 Å². The quantitative estimate of drug-likeness (QED) is 0.413. The van der Waals surface area contributed by atoms with Gasteiger partial charge in [-0.3, -0.25) is 0 Å². The third-order valence-corrected chi connectivity index (χ3v) is 3.47. The number of esters is 1. The Bertz CT molecular complexity index is 744. The number of aromatic nitrogens is 2. The Morgan fingerprint density at radius 2 is 2.00 bits per heavy atom. The van der Waals surface area contributed by atoms with E-state index >= 15 is 0 Å². The number of rotatable bonds is 8. The van der Waals surface area contributed by atoms with Crippen LogP contribution in [0.3, 0.4) is 0 Å². The number of methoxy groups -OCH3 is 2. The van der Waals surface area contributed by atoms with Crippen molar-refractivity contribution in [3.63, 3.8) is 0 Å². The molecule has 0 unspecified atom stereocenters. The highest BCUT2D eigenvalue weighted by Gasteiger charge is 2.18. The molecule has 0 amide bonds. The summed E-state index contributed by atoms with van der Waals surface area (Å²) >= 11 is 0. The van der Waals surface area contributed by atoms with Gasteiger partial charge in [0.1, 0.15) is 17.1 Å². The van der Waals surface area contributed by atoms with Crippen molar-refractivity contribution >= 4 is 11.5 Å². The van der Waals surface area contributed by atoms with Crippen molar-refractivity contribution in [2.45, 2.75) is 26.2 Å². The Morgan fingerprint density at radius 3 is 2.72 bits per heavy atom. The van der Waals surface area contributed by atoms with Gasteiger partial charge in [-0.15, -0.1) is 0 Å². The van der Waals surface area contributed by atoms with Gasteiger partial charge in [-0.05, 0) is 12.5 Å². The fraction of sp³-hybridized carbons (Fsp3) is 0.316. The number of unbranched alkanes of at least 4 members (excludes halogenated alkanes) is 1. The van der Waals surface area contributed by atoms with E-state index in [-0.39, 0.29) is 5.57 Å². The first-order valence-corrected chi connectivity index (χ1v) is 8.10. The molecule has 0 spiro atoms. The standard InChI is InChI=1S/C19H22N2O4/c1-4-5-10-17-20-12-11-18(21-17)25-16-9-7-6-8-14(16)15(13-23-2)19(22)24-3/h6-9,11-13H,4-5,10H2,1-3H3/b15-13+. The van der Waals surface area contributed by atoms with Crippen LogP contribution in [0.5, 0.6) is 11.6 Å². The molecule has 25 heavy (non-hydrogen) atoms. The Kier molecular flexibility index (Phi) is 6.95. The minimum absolute atomic E-state index is 0.265.